The molecule has 3 rings (SSSR count). The van der Waals surface area contributed by atoms with Gasteiger partial charge in [-0.1, -0.05) is 59.6 Å². The predicted molar refractivity (Wildman–Crippen MR) is 118 cm³/mol. The Morgan fingerprint density at radius 3 is 2.04 bits per heavy atom. The Hall–Kier alpha value is -2.49. The Balaban J connectivity index is 1.98. The van der Waals surface area contributed by atoms with Gasteiger partial charge in [0.05, 0.1) is 17.3 Å². The minimum Gasteiger partial charge on any atom is -0.367 e. The molecule has 0 aliphatic rings. The fourth-order valence-electron chi connectivity index (χ4n) is 2.71. The van der Waals surface area contributed by atoms with Crippen LogP contribution in [0.5, 0.6) is 0 Å². The normalized spacial score (nSPS) is 11.3. The first kappa shape index (κ1) is 19.3. The maximum atomic E-state index is 6.35. The van der Waals surface area contributed by atoms with E-state index in [9.17, 15) is 0 Å². The number of rotatable bonds is 5. The van der Waals surface area contributed by atoms with Crippen molar-refractivity contribution in [2.75, 3.05) is 30.4 Å². The second-order valence-corrected chi connectivity index (χ2v) is 7.05. The Bertz CT molecular complexity index is 911. The Morgan fingerprint density at radius 1 is 0.815 bits per heavy atom. The lowest BCUT2D eigenvalue weighted by Gasteiger charge is -2.27. The number of benzene rings is 3. The summed E-state index contributed by atoms with van der Waals surface area (Å²) in [4.78, 5) is 9.06. The third-order valence-electron chi connectivity index (χ3n) is 4.26. The highest BCUT2D eigenvalue weighted by Gasteiger charge is 2.14. The van der Waals surface area contributed by atoms with Crippen molar-refractivity contribution < 1.29 is 0 Å². The van der Waals surface area contributed by atoms with Gasteiger partial charge in [-0.15, -0.1) is 0 Å². The van der Waals surface area contributed by atoms with Crippen LogP contribution in [0.4, 0.5) is 17.1 Å². The molecule has 0 heterocycles. The minimum atomic E-state index is 0.570. The summed E-state index contributed by atoms with van der Waals surface area (Å²) >= 11 is 12.5. The first-order chi connectivity index (χ1) is 13.0. The summed E-state index contributed by atoms with van der Waals surface area (Å²) in [5.74, 6) is 0.858. The van der Waals surface area contributed by atoms with Crippen LogP contribution < -0.4 is 9.80 Å². The van der Waals surface area contributed by atoms with Crippen LogP contribution >= 0.6 is 23.2 Å². The first-order valence-corrected chi connectivity index (χ1v) is 9.38. The molecule has 0 aromatic heterocycles. The van der Waals surface area contributed by atoms with Gasteiger partial charge in [0.1, 0.15) is 5.84 Å². The van der Waals surface area contributed by atoms with Gasteiger partial charge < -0.3 is 9.80 Å². The van der Waals surface area contributed by atoms with Crippen LogP contribution in [-0.4, -0.2) is 26.5 Å². The SMILES string of the molecule is CN(CC(=Nc1cc(Cl)ccc1Cl)N(C)c1ccccc1)c1ccccc1. The highest BCUT2D eigenvalue weighted by Crippen LogP contribution is 2.29. The molecule has 0 atom stereocenters. The van der Waals surface area contributed by atoms with Gasteiger partial charge in [-0.3, -0.25) is 0 Å². The molecule has 0 unspecified atom stereocenters. The van der Waals surface area contributed by atoms with E-state index in [1.807, 2.05) is 50.5 Å². The van der Waals surface area contributed by atoms with E-state index in [-0.39, 0.29) is 0 Å². The summed E-state index contributed by atoms with van der Waals surface area (Å²) < 4.78 is 0. The lowest BCUT2D eigenvalue weighted by molar-refractivity contribution is 1.03. The molecule has 0 amide bonds. The van der Waals surface area contributed by atoms with Crippen molar-refractivity contribution in [3.05, 3.63) is 88.9 Å². The number of amidine groups is 1. The molecule has 5 heteroatoms. The Morgan fingerprint density at radius 2 is 1.41 bits per heavy atom. The van der Waals surface area contributed by atoms with Gasteiger partial charge >= 0.3 is 0 Å². The molecule has 27 heavy (non-hydrogen) atoms. The molecule has 0 spiro atoms. The van der Waals surface area contributed by atoms with Crippen LogP contribution in [0.15, 0.2) is 83.9 Å². The van der Waals surface area contributed by atoms with Crippen molar-refractivity contribution in [3.63, 3.8) is 0 Å². The minimum absolute atomic E-state index is 0.570. The molecule has 0 saturated carbocycles. The molecule has 3 aromatic carbocycles. The van der Waals surface area contributed by atoms with E-state index >= 15 is 0 Å². The molecule has 0 N–H and O–H groups in total. The standard InChI is InChI=1S/C22H21Cl2N3/c1-26(18-9-5-3-6-10-18)16-22(27(2)19-11-7-4-8-12-19)25-21-15-17(23)13-14-20(21)24/h3-15H,16H2,1-2H3. The quantitative estimate of drug-likeness (QED) is 0.371. The number of aliphatic imine (C=N–C) groups is 1. The second-order valence-electron chi connectivity index (χ2n) is 6.21. The first-order valence-electron chi connectivity index (χ1n) is 8.62. The van der Waals surface area contributed by atoms with E-state index in [0.29, 0.717) is 22.3 Å². The van der Waals surface area contributed by atoms with Crippen molar-refractivity contribution in [1.29, 1.82) is 0 Å². The van der Waals surface area contributed by atoms with Crippen LogP contribution in [-0.2, 0) is 0 Å². The second kappa shape index (κ2) is 8.94. The lowest BCUT2D eigenvalue weighted by Crippen LogP contribution is -2.36. The zero-order valence-electron chi connectivity index (χ0n) is 15.3. The zero-order valence-corrected chi connectivity index (χ0v) is 16.8. The zero-order chi connectivity index (χ0) is 19.2. The van der Waals surface area contributed by atoms with Crippen LogP contribution in [0, 0.1) is 0 Å². The van der Waals surface area contributed by atoms with Crippen LogP contribution in [0.25, 0.3) is 0 Å². The fourth-order valence-corrected chi connectivity index (χ4v) is 3.04. The Kier molecular flexibility index (Phi) is 6.38. The van der Waals surface area contributed by atoms with E-state index in [2.05, 4.69) is 34.1 Å². The van der Waals surface area contributed by atoms with Crippen molar-refractivity contribution >= 4 is 46.1 Å². The van der Waals surface area contributed by atoms with Crippen LogP contribution in [0.1, 0.15) is 0 Å². The maximum absolute atomic E-state index is 6.35. The topological polar surface area (TPSA) is 18.8 Å². The van der Waals surface area contributed by atoms with Gasteiger partial charge in [0.25, 0.3) is 0 Å². The monoisotopic (exact) mass is 397 g/mol. The lowest BCUT2D eigenvalue weighted by atomic mass is 10.2. The summed E-state index contributed by atoms with van der Waals surface area (Å²) in [7, 11) is 4.05. The third kappa shape index (κ3) is 5.03. The summed E-state index contributed by atoms with van der Waals surface area (Å²) in [6, 6.07) is 25.7. The molecular formula is C22H21Cl2N3. The van der Waals surface area contributed by atoms with Gasteiger partial charge in [-0.25, -0.2) is 4.99 Å². The van der Waals surface area contributed by atoms with Crippen LogP contribution in [0.3, 0.4) is 0 Å². The molecule has 3 aromatic rings. The molecule has 0 aliphatic carbocycles. The van der Waals surface area contributed by atoms with Gasteiger partial charge in [0, 0.05) is 30.5 Å². The van der Waals surface area contributed by atoms with Crippen molar-refractivity contribution in [2.24, 2.45) is 4.99 Å². The number of halogens is 2. The van der Waals surface area contributed by atoms with E-state index in [4.69, 9.17) is 28.2 Å². The maximum Gasteiger partial charge on any atom is 0.129 e. The highest BCUT2D eigenvalue weighted by molar-refractivity contribution is 6.35. The van der Waals surface area contributed by atoms with Gasteiger partial charge in [0.2, 0.25) is 0 Å². The molecule has 0 saturated heterocycles. The third-order valence-corrected chi connectivity index (χ3v) is 4.82. The molecule has 0 fully saturated rings. The number of hydrogen-bond donors (Lipinski definition) is 0. The predicted octanol–water partition coefficient (Wildman–Crippen LogP) is 6.30. The number of para-hydroxylation sites is 2. The number of anilines is 2. The number of hydrogen-bond acceptors (Lipinski definition) is 2. The average Bonchev–Trinajstić information content (AvgIpc) is 2.71. The average molecular weight is 398 g/mol. The smallest absolute Gasteiger partial charge is 0.129 e. The molecule has 138 valence electrons. The summed E-state index contributed by atoms with van der Waals surface area (Å²) in [6.45, 7) is 0.609. The Labute approximate surface area is 170 Å². The largest absolute Gasteiger partial charge is 0.367 e. The molecular weight excluding hydrogens is 377 g/mol. The summed E-state index contributed by atoms with van der Waals surface area (Å²) in [5.41, 5.74) is 2.82. The molecule has 3 nitrogen and oxygen atoms in total. The number of nitrogens with zero attached hydrogens (tertiary/aromatic N) is 3. The van der Waals surface area contributed by atoms with Gasteiger partial charge in [0.15, 0.2) is 0 Å². The van der Waals surface area contributed by atoms with Gasteiger partial charge in [-0.05, 0) is 42.5 Å². The highest BCUT2D eigenvalue weighted by atomic mass is 35.5. The van der Waals surface area contributed by atoms with Crippen molar-refractivity contribution in [3.8, 4) is 0 Å². The molecule has 0 bridgehead atoms. The van der Waals surface area contributed by atoms with E-state index in [1.165, 1.54) is 0 Å². The summed E-state index contributed by atoms with van der Waals surface area (Å²) in [5, 5.41) is 1.18. The molecule has 0 aliphatic heterocycles. The van der Waals surface area contributed by atoms with E-state index < -0.39 is 0 Å². The van der Waals surface area contributed by atoms with Gasteiger partial charge in [-0.2, -0.15) is 0 Å². The van der Waals surface area contributed by atoms with E-state index in [0.717, 1.165) is 17.2 Å². The van der Waals surface area contributed by atoms with Crippen LogP contribution in [0.2, 0.25) is 10.0 Å². The number of likely N-dealkylation sites (N-methyl/N-ethyl adjacent to an activating group) is 2. The van der Waals surface area contributed by atoms with Crippen molar-refractivity contribution in [1.82, 2.24) is 0 Å². The fraction of sp³-hybridized carbons (Fsp3) is 0.136. The van der Waals surface area contributed by atoms with Crippen molar-refractivity contribution in [2.45, 2.75) is 0 Å². The van der Waals surface area contributed by atoms with E-state index in [1.54, 1.807) is 18.2 Å². The molecule has 0 radical (unpaired) electrons. The summed E-state index contributed by atoms with van der Waals surface area (Å²) in [6.07, 6.45) is 0.